The highest BCUT2D eigenvalue weighted by Gasteiger charge is 2.04. The lowest BCUT2D eigenvalue weighted by molar-refractivity contribution is 0.217. The smallest absolute Gasteiger partial charge is 0.122 e. The standard InChI is InChI=1S/C13H21NO2/c1-4-12-9-11(5-6-13(12)16-3)10-14(2)7-8-15/h5-6,9,15H,4,7-8,10H2,1-3H3. The van der Waals surface area contributed by atoms with E-state index in [0.717, 1.165) is 18.7 Å². The van der Waals surface area contributed by atoms with E-state index in [1.54, 1.807) is 7.11 Å². The molecule has 1 N–H and O–H groups in total. The van der Waals surface area contributed by atoms with Gasteiger partial charge in [0.15, 0.2) is 0 Å². The number of hydrogen-bond donors (Lipinski definition) is 1. The predicted molar refractivity (Wildman–Crippen MR) is 65.8 cm³/mol. The van der Waals surface area contributed by atoms with Crippen LogP contribution in [0.4, 0.5) is 0 Å². The molecular formula is C13H21NO2. The largest absolute Gasteiger partial charge is 0.496 e. The number of aliphatic hydroxyl groups excluding tert-OH is 1. The minimum atomic E-state index is 0.202. The summed E-state index contributed by atoms with van der Waals surface area (Å²) in [6.45, 7) is 3.89. The maximum absolute atomic E-state index is 8.84. The number of likely N-dealkylation sites (N-methyl/N-ethyl adjacent to an activating group) is 1. The van der Waals surface area contributed by atoms with Crippen molar-refractivity contribution in [2.24, 2.45) is 0 Å². The minimum absolute atomic E-state index is 0.202. The van der Waals surface area contributed by atoms with Crippen molar-refractivity contribution in [3.63, 3.8) is 0 Å². The maximum Gasteiger partial charge on any atom is 0.122 e. The molecule has 0 atom stereocenters. The van der Waals surface area contributed by atoms with Crippen LogP contribution >= 0.6 is 0 Å². The maximum atomic E-state index is 8.84. The van der Waals surface area contributed by atoms with Gasteiger partial charge in [0.25, 0.3) is 0 Å². The lowest BCUT2D eigenvalue weighted by Crippen LogP contribution is -2.21. The Balaban J connectivity index is 2.74. The van der Waals surface area contributed by atoms with Gasteiger partial charge >= 0.3 is 0 Å². The van der Waals surface area contributed by atoms with Crippen LogP contribution in [0.15, 0.2) is 18.2 Å². The van der Waals surface area contributed by atoms with Crippen LogP contribution in [0.25, 0.3) is 0 Å². The van der Waals surface area contributed by atoms with Gasteiger partial charge in [-0.1, -0.05) is 19.1 Å². The van der Waals surface area contributed by atoms with Gasteiger partial charge in [-0.05, 0) is 30.7 Å². The van der Waals surface area contributed by atoms with Crippen LogP contribution in [-0.4, -0.2) is 37.3 Å². The molecule has 0 saturated carbocycles. The third-order valence-electron chi connectivity index (χ3n) is 2.66. The summed E-state index contributed by atoms with van der Waals surface area (Å²) in [5, 5.41) is 8.84. The van der Waals surface area contributed by atoms with Gasteiger partial charge in [-0.3, -0.25) is 4.90 Å². The number of nitrogens with zero attached hydrogens (tertiary/aromatic N) is 1. The van der Waals surface area contributed by atoms with E-state index in [4.69, 9.17) is 9.84 Å². The fraction of sp³-hybridized carbons (Fsp3) is 0.538. The van der Waals surface area contributed by atoms with Crippen LogP contribution in [0.2, 0.25) is 0 Å². The van der Waals surface area contributed by atoms with Crippen LogP contribution in [0, 0.1) is 0 Å². The Bertz CT molecular complexity index is 326. The van der Waals surface area contributed by atoms with Crippen molar-refractivity contribution in [2.45, 2.75) is 19.9 Å². The Hall–Kier alpha value is -1.06. The fourth-order valence-corrected chi connectivity index (χ4v) is 1.77. The molecule has 1 aromatic carbocycles. The molecular weight excluding hydrogens is 202 g/mol. The lowest BCUT2D eigenvalue weighted by atomic mass is 10.1. The molecule has 0 bridgehead atoms. The van der Waals surface area contributed by atoms with E-state index in [9.17, 15) is 0 Å². The van der Waals surface area contributed by atoms with E-state index in [-0.39, 0.29) is 6.61 Å². The molecule has 3 heteroatoms. The molecule has 0 unspecified atom stereocenters. The Kier molecular flexibility index (Phi) is 5.29. The summed E-state index contributed by atoms with van der Waals surface area (Å²) in [7, 11) is 3.71. The average Bonchev–Trinajstić information content (AvgIpc) is 2.29. The van der Waals surface area contributed by atoms with Gasteiger partial charge < -0.3 is 9.84 Å². The van der Waals surface area contributed by atoms with Crippen LogP contribution in [0.1, 0.15) is 18.1 Å². The molecule has 0 spiro atoms. The number of aliphatic hydroxyl groups is 1. The van der Waals surface area contributed by atoms with Gasteiger partial charge in [-0.25, -0.2) is 0 Å². The van der Waals surface area contributed by atoms with Gasteiger partial charge in [0.05, 0.1) is 13.7 Å². The molecule has 0 aliphatic carbocycles. The monoisotopic (exact) mass is 223 g/mol. The third kappa shape index (κ3) is 3.51. The van der Waals surface area contributed by atoms with Gasteiger partial charge in [-0.2, -0.15) is 0 Å². The topological polar surface area (TPSA) is 32.7 Å². The summed E-state index contributed by atoms with van der Waals surface area (Å²) in [5.41, 5.74) is 2.49. The number of rotatable bonds is 6. The Morgan fingerprint density at radius 2 is 2.12 bits per heavy atom. The summed E-state index contributed by atoms with van der Waals surface area (Å²) in [4.78, 5) is 2.10. The first-order valence-corrected chi connectivity index (χ1v) is 5.66. The van der Waals surface area contributed by atoms with Crippen LogP contribution in [-0.2, 0) is 13.0 Å². The molecule has 0 aliphatic rings. The average molecular weight is 223 g/mol. The zero-order valence-corrected chi connectivity index (χ0v) is 10.4. The van der Waals surface area contributed by atoms with Crippen molar-refractivity contribution >= 4 is 0 Å². The molecule has 0 amide bonds. The van der Waals surface area contributed by atoms with E-state index < -0.39 is 0 Å². The molecule has 0 heterocycles. The van der Waals surface area contributed by atoms with E-state index in [1.807, 2.05) is 13.1 Å². The fourth-order valence-electron chi connectivity index (χ4n) is 1.77. The molecule has 16 heavy (non-hydrogen) atoms. The summed E-state index contributed by atoms with van der Waals surface area (Å²) in [5.74, 6) is 0.955. The van der Waals surface area contributed by atoms with Crippen LogP contribution in [0.3, 0.4) is 0 Å². The second-order valence-electron chi connectivity index (χ2n) is 3.96. The summed E-state index contributed by atoms with van der Waals surface area (Å²) in [6.07, 6.45) is 0.973. The third-order valence-corrected chi connectivity index (χ3v) is 2.66. The number of hydrogen-bond acceptors (Lipinski definition) is 3. The molecule has 3 nitrogen and oxygen atoms in total. The number of benzene rings is 1. The zero-order chi connectivity index (χ0) is 12.0. The number of ether oxygens (including phenoxy) is 1. The number of aryl methyl sites for hydroxylation is 1. The Labute approximate surface area is 97.7 Å². The van der Waals surface area contributed by atoms with Crippen molar-refractivity contribution in [2.75, 3.05) is 27.3 Å². The van der Waals surface area contributed by atoms with E-state index in [0.29, 0.717) is 6.54 Å². The van der Waals surface area contributed by atoms with Gasteiger partial charge in [0.2, 0.25) is 0 Å². The van der Waals surface area contributed by atoms with Crippen molar-refractivity contribution in [3.05, 3.63) is 29.3 Å². The second-order valence-corrected chi connectivity index (χ2v) is 3.96. The molecule has 0 radical (unpaired) electrons. The Morgan fingerprint density at radius 1 is 1.38 bits per heavy atom. The molecule has 0 aromatic heterocycles. The molecule has 0 saturated heterocycles. The SMILES string of the molecule is CCc1cc(CN(C)CCO)ccc1OC. The van der Waals surface area contributed by atoms with Gasteiger partial charge in [0, 0.05) is 13.1 Å². The lowest BCUT2D eigenvalue weighted by Gasteiger charge is -2.16. The highest BCUT2D eigenvalue weighted by Crippen LogP contribution is 2.20. The quantitative estimate of drug-likeness (QED) is 0.796. The van der Waals surface area contributed by atoms with E-state index in [1.165, 1.54) is 11.1 Å². The first-order chi connectivity index (χ1) is 7.71. The first-order valence-electron chi connectivity index (χ1n) is 5.66. The predicted octanol–water partition coefficient (Wildman–Crippen LogP) is 1.68. The first kappa shape index (κ1) is 13.0. The summed E-state index contributed by atoms with van der Waals surface area (Å²) in [6, 6.07) is 6.26. The van der Waals surface area contributed by atoms with Crippen LogP contribution < -0.4 is 4.74 Å². The highest BCUT2D eigenvalue weighted by molar-refractivity contribution is 5.37. The molecule has 1 rings (SSSR count). The highest BCUT2D eigenvalue weighted by atomic mass is 16.5. The number of methoxy groups -OCH3 is 1. The van der Waals surface area contributed by atoms with Crippen molar-refractivity contribution in [1.29, 1.82) is 0 Å². The van der Waals surface area contributed by atoms with Crippen molar-refractivity contribution in [1.82, 2.24) is 4.90 Å². The van der Waals surface area contributed by atoms with Crippen LogP contribution in [0.5, 0.6) is 5.75 Å². The van der Waals surface area contributed by atoms with Gasteiger partial charge in [0.1, 0.15) is 5.75 Å². The van der Waals surface area contributed by atoms with E-state index in [2.05, 4.69) is 24.0 Å². The Morgan fingerprint density at radius 3 is 2.69 bits per heavy atom. The van der Waals surface area contributed by atoms with Crippen molar-refractivity contribution < 1.29 is 9.84 Å². The molecule has 0 aliphatic heterocycles. The van der Waals surface area contributed by atoms with Gasteiger partial charge in [-0.15, -0.1) is 0 Å². The molecule has 1 aromatic rings. The van der Waals surface area contributed by atoms with Crippen molar-refractivity contribution in [3.8, 4) is 5.75 Å². The normalized spacial score (nSPS) is 10.8. The summed E-state index contributed by atoms with van der Waals surface area (Å²) < 4.78 is 5.29. The van der Waals surface area contributed by atoms with E-state index >= 15 is 0 Å². The molecule has 90 valence electrons. The minimum Gasteiger partial charge on any atom is -0.496 e. The second kappa shape index (κ2) is 6.51. The molecule has 0 fully saturated rings. The summed E-state index contributed by atoms with van der Waals surface area (Å²) >= 11 is 0. The zero-order valence-electron chi connectivity index (χ0n) is 10.4.